The van der Waals surface area contributed by atoms with Gasteiger partial charge in [0.2, 0.25) is 0 Å². The van der Waals surface area contributed by atoms with Crippen LogP contribution in [0.5, 0.6) is 0 Å². The van der Waals surface area contributed by atoms with E-state index in [1.54, 1.807) is 5.57 Å². The van der Waals surface area contributed by atoms with Crippen LogP contribution in [-0.4, -0.2) is 169 Å². The standard InChI is InChI=1S/C47H78O16/c1-7-24(22(2)3)9-8-23(4)28-12-13-29-27-11-10-25-18-26(14-16-46(25,5)30(27)15-17-47(28,29)6)58-44-41(38(55)35(52)32(20-49)60-44)63-45-42(39(56)36(53)33(21-50)61-45)62-43-40(57)37(54)34(51)31(19-48)59-43/h8-9,11,22-26,28-45,48-57H,7,10,12-21H2,1-6H3. The highest BCUT2D eigenvalue weighted by molar-refractivity contribution is 5.28. The number of aliphatic hydroxyl groups excluding tert-OH is 10. The molecule has 7 rings (SSSR count). The summed E-state index contributed by atoms with van der Waals surface area (Å²) in [6, 6.07) is 0. The van der Waals surface area contributed by atoms with E-state index < -0.39 is 112 Å². The maximum atomic E-state index is 11.5. The number of hydrogen-bond acceptors (Lipinski definition) is 16. The molecule has 0 aromatic heterocycles. The fourth-order valence-corrected chi connectivity index (χ4v) is 13.1. The summed E-state index contributed by atoms with van der Waals surface area (Å²) in [5.74, 6) is 3.79. The Kier molecular flexibility index (Phi) is 16.0. The maximum Gasteiger partial charge on any atom is 0.187 e. The van der Waals surface area contributed by atoms with Crippen molar-refractivity contribution in [1.29, 1.82) is 0 Å². The molecular formula is C47H78O16. The summed E-state index contributed by atoms with van der Waals surface area (Å²) < 4.78 is 36.1. The highest BCUT2D eigenvalue weighted by Gasteiger charge is 2.59. The van der Waals surface area contributed by atoms with Gasteiger partial charge in [0.05, 0.1) is 25.9 Å². The largest absolute Gasteiger partial charge is 0.394 e. The predicted molar refractivity (Wildman–Crippen MR) is 226 cm³/mol. The lowest BCUT2D eigenvalue weighted by atomic mass is 9.47. The Morgan fingerprint density at radius 2 is 1.16 bits per heavy atom. The zero-order chi connectivity index (χ0) is 45.7. The van der Waals surface area contributed by atoms with E-state index in [4.69, 9.17) is 28.4 Å². The molecule has 3 saturated carbocycles. The van der Waals surface area contributed by atoms with Gasteiger partial charge >= 0.3 is 0 Å². The van der Waals surface area contributed by atoms with Crippen molar-refractivity contribution in [3.05, 3.63) is 23.8 Å². The lowest BCUT2D eigenvalue weighted by molar-refractivity contribution is -0.396. The highest BCUT2D eigenvalue weighted by atomic mass is 16.8. The fraction of sp³-hybridized carbons (Fsp3) is 0.915. The number of rotatable bonds is 14. The highest BCUT2D eigenvalue weighted by Crippen LogP contribution is 2.67. The Labute approximate surface area is 372 Å². The number of allylic oxidation sites excluding steroid dienone is 4. The van der Waals surface area contributed by atoms with E-state index in [9.17, 15) is 51.1 Å². The summed E-state index contributed by atoms with van der Waals surface area (Å²) in [5, 5.41) is 106. The third kappa shape index (κ3) is 9.38. The average molecular weight is 899 g/mol. The Bertz CT molecular complexity index is 1560. The molecule has 16 heteroatoms. The summed E-state index contributed by atoms with van der Waals surface area (Å²) in [7, 11) is 0. The lowest BCUT2D eigenvalue weighted by Gasteiger charge is -2.58. The van der Waals surface area contributed by atoms with Gasteiger partial charge in [-0.3, -0.25) is 0 Å². The molecule has 3 heterocycles. The second-order valence-corrected chi connectivity index (χ2v) is 20.9. The second-order valence-electron chi connectivity index (χ2n) is 20.9. The van der Waals surface area contributed by atoms with Crippen molar-refractivity contribution in [2.45, 2.75) is 198 Å². The molecular weight excluding hydrogens is 821 g/mol. The van der Waals surface area contributed by atoms with Crippen LogP contribution in [0.1, 0.15) is 99.3 Å². The molecule has 4 aliphatic carbocycles. The Morgan fingerprint density at radius 1 is 0.635 bits per heavy atom. The molecule has 16 nitrogen and oxygen atoms in total. The zero-order valence-electron chi connectivity index (χ0n) is 37.9. The van der Waals surface area contributed by atoms with Crippen molar-refractivity contribution < 1.29 is 79.5 Å². The van der Waals surface area contributed by atoms with Gasteiger partial charge in [0.25, 0.3) is 0 Å². The fourth-order valence-electron chi connectivity index (χ4n) is 13.1. The third-order valence-electron chi connectivity index (χ3n) is 17.1. The van der Waals surface area contributed by atoms with Crippen LogP contribution >= 0.6 is 0 Å². The van der Waals surface area contributed by atoms with Crippen LogP contribution in [0.3, 0.4) is 0 Å². The van der Waals surface area contributed by atoms with E-state index >= 15 is 0 Å². The Hall–Kier alpha value is -1.16. The second kappa shape index (κ2) is 20.2. The van der Waals surface area contributed by atoms with Crippen molar-refractivity contribution in [2.75, 3.05) is 19.8 Å². The Balaban J connectivity index is 1.06. The van der Waals surface area contributed by atoms with Crippen molar-refractivity contribution in [2.24, 2.45) is 52.3 Å². The molecule has 0 aromatic carbocycles. The van der Waals surface area contributed by atoms with Crippen LogP contribution in [0, 0.1) is 52.3 Å². The molecule has 7 aliphatic rings. The van der Waals surface area contributed by atoms with Gasteiger partial charge in [-0.1, -0.05) is 65.3 Å². The summed E-state index contributed by atoms with van der Waals surface area (Å²) in [4.78, 5) is 0. The minimum Gasteiger partial charge on any atom is -0.394 e. The van der Waals surface area contributed by atoms with Gasteiger partial charge in [-0.15, -0.1) is 0 Å². The molecule has 3 aliphatic heterocycles. The van der Waals surface area contributed by atoms with E-state index in [1.807, 2.05) is 0 Å². The predicted octanol–water partition coefficient (Wildman–Crippen LogP) is 1.27. The van der Waals surface area contributed by atoms with Gasteiger partial charge in [0, 0.05) is 0 Å². The molecule has 10 N–H and O–H groups in total. The first-order valence-corrected chi connectivity index (χ1v) is 23.8. The molecule has 0 spiro atoms. The van der Waals surface area contributed by atoms with Crippen LogP contribution in [0.2, 0.25) is 0 Å². The van der Waals surface area contributed by atoms with Gasteiger partial charge in [-0.25, -0.2) is 0 Å². The smallest absolute Gasteiger partial charge is 0.187 e. The van der Waals surface area contributed by atoms with E-state index in [-0.39, 0.29) is 16.9 Å². The van der Waals surface area contributed by atoms with E-state index in [0.29, 0.717) is 54.3 Å². The van der Waals surface area contributed by atoms with Crippen LogP contribution in [0.4, 0.5) is 0 Å². The van der Waals surface area contributed by atoms with Crippen molar-refractivity contribution in [3.63, 3.8) is 0 Å². The van der Waals surface area contributed by atoms with E-state index in [0.717, 1.165) is 25.7 Å². The Morgan fingerprint density at radius 3 is 1.73 bits per heavy atom. The maximum absolute atomic E-state index is 11.5. The molecule has 3 saturated heterocycles. The molecule has 6 fully saturated rings. The topological polar surface area (TPSA) is 258 Å². The average Bonchev–Trinajstić information content (AvgIpc) is 3.63. The number of aliphatic hydroxyl groups is 10. The van der Waals surface area contributed by atoms with Gasteiger partial charge in [0.1, 0.15) is 73.2 Å². The van der Waals surface area contributed by atoms with Crippen LogP contribution in [0.15, 0.2) is 23.8 Å². The normalized spacial score (nSPS) is 50.1. The van der Waals surface area contributed by atoms with Crippen LogP contribution < -0.4 is 0 Å². The van der Waals surface area contributed by atoms with Crippen LogP contribution in [-0.2, 0) is 28.4 Å². The molecule has 63 heavy (non-hydrogen) atoms. The molecule has 0 aromatic rings. The van der Waals surface area contributed by atoms with Gasteiger partial charge < -0.3 is 79.5 Å². The molecule has 0 bridgehead atoms. The lowest BCUT2D eigenvalue weighted by Crippen LogP contribution is -2.67. The van der Waals surface area contributed by atoms with E-state index in [1.165, 1.54) is 19.3 Å². The van der Waals surface area contributed by atoms with Crippen LogP contribution in [0.25, 0.3) is 0 Å². The van der Waals surface area contributed by atoms with Gasteiger partial charge in [-0.2, -0.15) is 0 Å². The quantitative estimate of drug-likeness (QED) is 0.110. The van der Waals surface area contributed by atoms with Crippen molar-refractivity contribution in [3.8, 4) is 0 Å². The monoisotopic (exact) mass is 899 g/mol. The first-order chi connectivity index (χ1) is 29.9. The third-order valence-corrected chi connectivity index (χ3v) is 17.1. The first-order valence-electron chi connectivity index (χ1n) is 23.8. The minimum atomic E-state index is -1.88. The number of hydrogen-bond donors (Lipinski definition) is 10. The van der Waals surface area contributed by atoms with Crippen molar-refractivity contribution >= 4 is 0 Å². The summed E-state index contributed by atoms with van der Waals surface area (Å²) in [6.45, 7) is 12.2. The first kappa shape index (κ1) is 49.7. The summed E-state index contributed by atoms with van der Waals surface area (Å²) in [5.41, 5.74) is 1.99. The number of ether oxygens (including phenoxy) is 6. The van der Waals surface area contributed by atoms with E-state index in [2.05, 4.69) is 59.8 Å². The molecule has 24 unspecified atom stereocenters. The SMILES string of the molecule is CCC(C=CC(C)C1CCC2C3=CCC4CC(OC5OC(CO)C(O)C(O)C5OC5OC(CO)C(O)C(O)C5OC5OC(CO)C(O)C(O)C5O)CCC4(C)C3CCC21C)C(C)C. The molecule has 24 atom stereocenters. The minimum absolute atomic E-state index is 0.0638. The molecule has 362 valence electrons. The summed E-state index contributed by atoms with van der Waals surface area (Å²) in [6.07, 6.45) is -8.14. The molecule has 0 radical (unpaired) electrons. The van der Waals surface area contributed by atoms with Crippen molar-refractivity contribution in [1.82, 2.24) is 0 Å². The molecule has 0 amide bonds. The van der Waals surface area contributed by atoms with Gasteiger partial charge in [0.15, 0.2) is 18.9 Å². The number of fused-ring (bicyclic) bond motifs is 5. The van der Waals surface area contributed by atoms with Gasteiger partial charge in [-0.05, 0) is 110 Å². The zero-order valence-corrected chi connectivity index (χ0v) is 37.9. The summed E-state index contributed by atoms with van der Waals surface area (Å²) >= 11 is 0.